The number of hydrogen-bond acceptors (Lipinski definition) is 4. The van der Waals surface area contributed by atoms with Crippen molar-refractivity contribution in [2.75, 3.05) is 13.2 Å². The van der Waals surface area contributed by atoms with Crippen molar-refractivity contribution < 1.29 is 26.8 Å². The van der Waals surface area contributed by atoms with Crippen LogP contribution in [0.1, 0.15) is 25.1 Å². The highest BCUT2D eigenvalue weighted by Gasteiger charge is 2.30. The molecule has 8 heteroatoms. The van der Waals surface area contributed by atoms with Crippen molar-refractivity contribution in [3.05, 3.63) is 53.9 Å². The second-order valence-electron chi connectivity index (χ2n) is 5.22. The summed E-state index contributed by atoms with van der Waals surface area (Å²) in [6.07, 6.45) is -2.93. The van der Waals surface area contributed by atoms with Gasteiger partial charge in [0.15, 0.2) is 0 Å². The molecular formula is C17H19F3NO3P. The minimum Gasteiger partial charge on any atom is -0.309 e. The van der Waals surface area contributed by atoms with E-state index in [2.05, 4.69) is 4.98 Å². The first-order valence-corrected chi connectivity index (χ1v) is 9.51. The van der Waals surface area contributed by atoms with Gasteiger partial charge in [0.25, 0.3) is 0 Å². The van der Waals surface area contributed by atoms with E-state index in [0.29, 0.717) is 16.8 Å². The van der Waals surface area contributed by atoms with Crippen molar-refractivity contribution in [2.45, 2.75) is 26.2 Å². The summed E-state index contributed by atoms with van der Waals surface area (Å²) in [5, 5.41) is 0. The lowest BCUT2D eigenvalue weighted by Gasteiger charge is -2.16. The van der Waals surface area contributed by atoms with Gasteiger partial charge in [-0.3, -0.25) is 9.55 Å². The molecule has 4 nitrogen and oxygen atoms in total. The summed E-state index contributed by atoms with van der Waals surface area (Å²) in [4.78, 5) is 4.18. The number of rotatable bonds is 7. The van der Waals surface area contributed by atoms with Gasteiger partial charge < -0.3 is 9.05 Å². The number of pyridine rings is 1. The van der Waals surface area contributed by atoms with E-state index in [4.69, 9.17) is 9.05 Å². The van der Waals surface area contributed by atoms with Crippen molar-refractivity contribution >= 4 is 7.60 Å². The normalized spacial score (nSPS) is 12.4. The summed E-state index contributed by atoms with van der Waals surface area (Å²) in [6.45, 7) is 3.94. The summed E-state index contributed by atoms with van der Waals surface area (Å²) in [5.41, 5.74) is 0.719. The molecule has 1 aromatic carbocycles. The number of benzene rings is 1. The van der Waals surface area contributed by atoms with Gasteiger partial charge in [-0.25, -0.2) is 0 Å². The maximum absolute atomic E-state index is 12.8. The van der Waals surface area contributed by atoms with E-state index in [1.807, 2.05) is 0 Å². The van der Waals surface area contributed by atoms with E-state index in [-0.39, 0.29) is 19.4 Å². The Balaban J connectivity index is 2.21. The third-order valence-electron chi connectivity index (χ3n) is 3.36. The Kier molecular flexibility index (Phi) is 6.38. The van der Waals surface area contributed by atoms with Crippen LogP contribution in [0.15, 0.2) is 42.6 Å². The molecule has 0 saturated heterocycles. The first-order chi connectivity index (χ1) is 11.8. The molecule has 0 fully saturated rings. The lowest BCUT2D eigenvalue weighted by atomic mass is 10.0. The summed E-state index contributed by atoms with van der Waals surface area (Å²) < 4.78 is 61.3. The SMILES string of the molecule is CCOP(=O)(Cc1ccc(-c2cccc(C(F)(F)F)c2)cn1)OCC. The largest absolute Gasteiger partial charge is 0.416 e. The molecule has 2 rings (SSSR count). The van der Waals surface area contributed by atoms with Gasteiger partial charge >= 0.3 is 13.8 Å². The average Bonchev–Trinajstić information content (AvgIpc) is 2.55. The van der Waals surface area contributed by atoms with Gasteiger partial charge in [0.2, 0.25) is 0 Å². The maximum atomic E-state index is 12.8. The predicted molar refractivity (Wildman–Crippen MR) is 89.2 cm³/mol. The van der Waals surface area contributed by atoms with Gasteiger partial charge in [-0.05, 0) is 37.6 Å². The zero-order valence-corrected chi connectivity index (χ0v) is 14.8. The summed E-state index contributed by atoms with van der Waals surface area (Å²) in [5.74, 6) is 0. The molecule has 0 unspecified atom stereocenters. The standard InChI is InChI=1S/C17H19F3NO3P/c1-3-23-25(22,24-4-2)12-16-9-8-14(11-21-16)13-6-5-7-15(10-13)17(18,19)20/h5-11H,3-4,12H2,1-2H3. The molecule has 0 aliphatic heterocycles. The molecule has 0 aliphatic carbocycles. The van der Waals surface area contributed by atoms with Crippen molar-refractivity contribution in [1.82, 2.24) is 4.98 Å². The first-order valence-electron chi connectivity index (χ1n) is 7.78. The topological polar surface area (TPSA) is 48.4 Å². The quantitative estimate of drug-likeness (QED) is 0.599. The van der Waals surface area contributed by atoms with Crippen LogP contribution in [0.3, 0.4) is 0 Å². The summed E-state index contributed by atoms with van der Waals surface area (Å²) in [7, 11) is -3.27. The Morgan fingerprint density at radius 3 is 2.24 bits per heavy atom. The highest BCUT2D eigenvalue weighted by Crippen LogP contribution is 2.50. The molecule has 136 valence electrons. The van der Waals surface area contributed by atoms with Crippen LogP contribution in [0, 0.1) is 0 Å². The summed E-state index contributed by atoms with van der Waals surface area (Å²) >= 11 is 0. The van der Waals surface area contributed by atoms with E-state index in [1.165, 1.54) is 12.3 Å². The number of nitrogens with zero attached hydrogens (tertiary/aromatic N) is 1. The van der Waals surface area contributed by atoms with Gasteiger partial charge in [0.05, 0.1) is 30.6 Å². The van der Waals surface area contributed by atoms with Gasteiger partial charge in [-0.1, -0.05) is 18.2 Å². The van der Waals surface area contributed by atoms with Crippen molar-refractivity contribution in [2.24, 2.45) is 0 Å². The highest BCUT2D eigenvalue weighted by atomic mass is 31.2. The van der Waals surface area contributed by atoms with E-state index >= 15 is 0 Å². The molecule has 1 heterocycles. The van der Waals surface area contributed by atoms with Crippen LogP contribution in [0.4, 0.5) is 13.2 Å². The second-order valence-corrected chi connectivity index (χ2v) is 7.28. The molecular weight excluding hydrogens is 354 g/mol. The Hall–Kier alpha value is -1.69. The molecule has 0 atom stereocenters. The molecule has 2 aromatic rings. The molecule has 0 saturated carbocycles. The van der Waals surface area contributed by atoms with Crippen molar-refractivity contribution in [1.29, 1.82) is 0 Å². The number of aromatic nitrogens is 1. The van der Waals surface area contributed by atoms with Gasteiger partial charge in [-0.2, -0.15) is 13.2 Å². The Morgan fingerprint density at radius 2 is 1.72 bits per heavy atom. The fourth-order valence-electron chi connectivity index (χ4n) is 2.28. The minimum atomic E-state index is -4.40. The minimum absolute atomic E-state index is 0.0115. The smallest absolute Gasteiger partial charge is 0.309 e. The van der Waals surface area contributed by atoms with Crippen molar-refractivity contribution in [3.63, 3.8) is 0 Å². The van der Waals surface area contributed by atoms with Crippen LogP contribution in [-0.4, -0.2) is 18.2 Å². The number of hydrogen-bond donors (Lipinski definition) is 0. The number of halogens is 3. The van der Waals surface area contributed by atoms with Crippen LogP contribution < -0.4 is 0 Å². The fourth-order valence-corrected chi connectivity index (χ4v) is 3.91. The van der Waals surface area contributed by atoms with E-state index in [0.717, 1.165) is 12.1 Å². The van der Waals surface area contributed by atoms with Crippen LogP contribution >= 0.6 is 7.60 Å². The molecule has 1 aromatic heterocycles. The number of alkyl halides is 3. The summed E-state index contributed by atoms with van der Waals surface area (Å²) in [6, 6.07) is 8.27. The zero-order valence-electron chi connectivity index (χ0n) is 13.9. The van der Waals surface area contributed by atoms with Gasteiger partial charge in [-0.15, -0.1) is 0 Å². The lowest BCUT2D eigenvalue weighted by molar-refractivity contribution is -0.137. The Bertz CT molecular complexity index is 738. The fraction of sp³-hybridized carbons (Fsp3) is 0.353. The molecule has 0 aliphatic rings. The van der Waals surface area contributed by atoms with Crippen LogP contribution in [0.5, 0.6) is 0 Å². The van der Waals surface area contributed by atoms with Gasteiger partial charge in [0, 0.05) is 11.8 Å². The second kappa shape index (κ2) is 8.13. The molecule has 0 amide bonds. The van der Waals surface area contributed by atoms with E-state index in [1.54, 1.807) is 32.0 Å². The van der Waals surface area contributed by atoms with Crippen molar-refractivity contribution in [3.8, 4) is 11.1 Å². The van der Waals surface area contributed by atoms with Crippen LogP contribution in [-0.2, 0) is 26.0 Å². The molecule has 0 N–H and O–H groups in total. The Labute approximate surface area is 144 Å². The highest BCUT2D eigenvalue weighted by molar-refractivity contribution is 7.53. The first kappa shape index (κ1) is 19.6. The van der Waals surface area contributed by atoms with Crippen LogP contribution in [0.2, 0.25) is 0 Å². The molecule has 0 radical (unpaired) electrons. The zero-order chi connectivity index (χ0) is 18.5. The van der Waals surface area contributed by atoms with Crippen LogP contribution in [0.25, 0.3) is 11.1 Å². The third-order valence-corrected chi connectivity index (χ3v) is 5.37. The monoisotopic (exact) mass is 373 g/mol. The van der Waals surface area contributed by atoms with Gasteiger partial charge in [0.1, 0.15) is 0 Å². The molecule has 0 bridgehead atoms. The molecule has 25 heavy (non-hydrogen) atoms. The van der Waals surface area contributed by atoms with E-state index < -0.39 is 19.3 Å². The lowest BCUT2D eigenvalue weighted by Crippen LogP contribution is -2.04. The average molecular weight is 373 g/mol. The Morgan fingerprint density at radius 1 is 1.04 bits per heavy atom. The maximum Gasteiger partial charge on any atom is 0.416 e. The molecule has 0 spiro atoms. The predicted octanol–water partition coefficient (Wildman–Crippen LogP) is 5.53. The van der Waals surface area contributed by atoms with E-state index in [9.17, 15) is 17.7 Å². The third kappa shape index (κ3) is 5.39.